The minimum Gasteiger partial charge on any atom is -0.324 e. The summed E-state index contributed by atoms with van der Waals surface area (Å²) in [5, 5.41) is 14.3. The molecule has 9 heterocycles. The molecule has 76 heavy (non-hydrogen) atoms. The number of hydrogen-bond acceptors (Lipinski definition) is 22. The SMILES string of the molecule is Clc1nc(Cl)nc(Nc2ccc3c(c2)-c2nc-3nc3[nH]c(nc4nc(nc5[nH]c(n2)c2ccc(Nc6nc(Cl)nc(Cl)n6)cc52)-c2ccc(Nc5nc(Cl)nc(Cl)n5)cc2-4)c2ccc(Nc4nc(Cl)nc(Cl)n4)cc32)n1. The molecule has 2 aliphatic rings. The summed E-state index contributed by atoms with van der Waals surface area (Å²) in [5.41, 5.74) is 6.03. The zero-order chi connectivity index (χ0) is 51.9. The van der Waals surface area contributed by atoms with E-state index < -0.39 is 0 Å². The van der Waals surface area contributed by atoms with Crippen LogP contribution in [0.5, 0.6) is 0 Å². The third-order valence-electron chi connectivity index (χ3n) is 11.2. The maximum absolute atomic E-state index is 6.13. The molecule has 0 unspecified atom stereocenters. The highest BCUT2D eigenvalue weighted by atomic mass is 35.5. The van der Waals surface area contributed by atoms with Crippen molar-refractivity contribution in [1.82, 2.24) is 99.7 Å². The van der Waals surface area contributed by atoms with Crippen LogP contribution in [-0.4, -0.2) is 99.7 Å². The molecule has 370 valence electrons. The second kappa shape index (κ2) is 18.9. The summed E-state index contributed by atoms with van der Waals surface area (Å²) >= 11 is 49.1. The number of hydrogen-bond donors (Lipinski definition) is 6. The lowest BCUT2D eigenvalue weighted by atomic mass is 10.1. The quantitative estimate of drug-likeness (QED) is 0.0823. The zero-order valence-electron chi connectivity index (χ0n) is 37.0. The fraction of sp³-hybridized carbons (Fsp3) is 0. The summed E-state index contributed by atoms with van der Waals surface area (Å²) in [7, 11) is 0. The summed E-state index contributed by atoms with van der Waals surface area (Å²) in [5.74, 6) is 1.55. The molecule has 0 atom stereocenters. The number of nitrogens with one attached hydrogen (secondary N) is 6. The molecule has 6 N–H and O–H groups in total. The Labute approximate surface area is 462 Å². The van der Waals surface area contributed by atoms with Gasteiger partial charge in [0.2, 0.25) is 66.1 Å². The molecule has 11 aromatic rings. The van der Waals surface area contributed by atoms with E-state index in [-0.39, 0.29) is 89.4 Å². The Kier molecular flexibility index (Phi) is 11.8. The van der Waals surface area contributed by atoms with Gasteiger partial charge in [-0.15, -0.1) is 0 Å². The van der Waals surface area contributed by atoms with Crippen LogP contribution in [0, 0.1) is 0 Å². The second-order valence-electron chi connectivity index (χ2n) is 15.9. The van der Waals surface area contributed by atoms with Crippen molar-refractivity contribution in [1.29, 1.82) is 0 Å². The first-order chi connectivity index (χ1) is 36.7. The van der Waals surface area contributed by atoms with Gasteiger partial charge in [-0.25, -0.2) is 29.9 Å². The predicted molar refractivity (Wildman–Crippen MR) is 289 cm³/mol. The number of H-pyrrole nitrogens is 2. The van der Waals surface area contributed by atoms with E-state index in [0.717, 1.165) is 0 Å². The van der Waals surface area contributed by atoms with E-state index in [1.54, 1.807) is 24.3 Å². The van der Waals surface area contributed by atoms with Gasteiger partial charge in [-0.3, -0.25) is 0 Å². The average molecular weight is 1170 g/mol. The molecular weight excluding hydrogens is 1150 g/mol. The van der Waals surface area contributed by atoms with Crippen molar-refractivity contribution < 1.29 is 0 Å². The maximum Gasteiger partial charge on any atom is 0.232 e. The smallest absolute Gasteiger partial charge is 0.232 e. The van der Waals surface area contributed by atoms with Crippen LogP contribution in [0.25, 0.3) is 89.7 Å². The van der Waals surface area contributed by atoms with Crippen LogP contribution in [0.1, 0.15) is 0 Å². The maximum atomic E-state index is 6.13. The van der Waals surface area contributed by atoms with Crippen LogP contribution in [0.2, 0.25) is 42.3 Å². The molecule has 4 aromatic carbocycles. The van der Waals surface area contributed by atoms with Crippen LogP contribution < -0.4 is 21.3 Å². The van der Waals surface area contributed by atoms with Crippen molar-refractivity contribution in [3.05, 3.63) is 115 Å². The van der Waals surface area contributed by atoms with Gasteiger partial charge < -0.3 is 31.2 Å². The van der Waals surface area contributed by atoms with Crippen molar-refractivity contribution in [2.75, 3.05) is 21.3 Å². The highest BCUT2D eigenvalue weighted by molar-refractivity contribution is 6.32. The van der Waals surface area contributed by atoms with E-state index in [1.165, 1.54) is 0 Å². The first kappa shape index (κ1) is 47.5. The Balaban J connectivity index is 1.07. The van der Waals surface area contributed by atoms with Gasteiger partial charge in [-0.2, -0.15) is 59.8 Å². The Morgan fingerprint density at radius 3 is 0.829 bits per heavy atom. The molecule has 13 rings (SSSR count). The van der Waals surface area contributed by atoms with Crippen LogP contribution >= 0.6 is 92.8 Å². The number of aromatic nitrogens is 20. The van der Waals surface area contributed by atoms with Gasteiger partial charge in [-0.05, 0) is 166 Å². The van der Waals surface area contributed by atoms with E-state index in [0.29, 0.717) is 89.1 Å². The van der Waals surface area contributed by atoms with Crippen molar-refractivity contribution in [2.24, 2.45) is 0 Å². The van der Waals surface area contributed by atoms with E-state index in [4.69, 9.17) is 123 Å². The van der Waals surface area contributed by atoms with Crippen molar-refractivity contribution >= 4 is 183 Å². The minimum atomic E-state index is -0.0996. The molecule has 24 nitrogen and oxygen atoms in total. The van der Waals surface area contributed by atoms with E-state index in [2.05, 4.69) is 91.0 Å². The number of aromatic amines is 2. The van der Waals surface area contributed by atoms with Crippen molar-refractivity contribution in [3.8, 4) is 45.6 Å². The number of rotatable bonds is 8. The standard InChI is InChI=1S/C44H18Cl8N24/c45-33-65-34(46)70-41(69-33)53-13-1-5-17-21(9-13)29-57-25(17)61-30-22-10-14(54-42-71-35(47)66-36(48)72-42)2-6-18(22)27(58-30)63-32-24-12-16(56-44-75-39(51)68-40(52)76-44)4-8-20(24)28(60-32)64-31-23-11-15(3-7-19(23)26(59-31)62-29)55-43-73-37(49)67-38(50)74-43/h1-12H,(H,53,65,69,70)(H,54,66,71,72)(H,55,67,73,74)(H,56,68,75,76)(H2,57,58,59,60,61,62,63,64). The Morgan fingerprint density at radius 2 is 0.513 bits per heavy atom. The molecule has 32 heteroatoms. The molecular formula is C44H18Cl8N24. The van der Waals surface area contributed by atoms with Crippen LogP contribution in [0.4, 0.5) is 46.5 Å². The molecule has 0 saturated heterocycles. The fourth-order valence-electron chi connectivity index (χ4n) is 8.15. The van der Waals surface area contributed by atoms with E-state index >= 15 is 0 Å². The van der Waals surface area contributed by atoms with Gasteiger partial charge in [0, 0.05) is 66.5 Å². The van der Waals surface area contributed by atoms with Crippen molar-refractivity contribution in [3.63, 3.8) is 0 Å². The second-order valence-corrected chi connectivity index (χ2v) is 18.6. The van der Waals surface area contributed by atoms with Crippen LogP contribution in [0.3, 0.4) is 0 Å². The largest absolute Gasteiger partial charge is 0.324 e. The van der Waals surface area contributed by atoms with Gasteiger partial charge in [0.15, 0.2) is 23.3 Å². The van der Waals surface area contributed by atoms with Crippen LogP contribution in [0.15, 0.2) is 72.8 Å². The number of anilines is 8. The topological polar surface area (TPSA) is 312 Å². The van der Waals surface area contributed by atoms with Gasteiger partial charge >= 0.3 is 0 Å². The summed E-state index contributed by atoms with van der Waals surface area (Å²) < 4.78 is 0. The summed E-state index contributed by atoms with van der Waals surface area (Å²) in [4.78, 5) is 86.5. The first-order valence-corrected chi connectivity index (χ1v) is 24.5. The lowest BCUT2D eigenvalue weighted by molar-refractivity contribution is 1.05. The number of halogens is 8. The molecule has 0 spiro atoms. The summed E-state index contributed by atoms with van der Waals surface area (Å²) in [6.07, 6.45) is 0. The van der Waals surface area contributed by atoms with Crippen molar-refractivity contribution in [2.45, 2.75) is 0 Å². The van der Waals surface area contributed by atoms with Gasteiger partial charge in [-0.1, -0.05) is 0 Å². The molecule has 2 aliphatic heterocycles. The predicted octanol–water partition coefficient (Wildman–Crippen LogP) is 11.8. The highest BCUT2D eigenvalue weighted by Crippen LogP contribution is 2.40. The van der Waals surface area contributed by atoms with Crippen LogP contribution in [-0.2, 0) is 0 Å². The van der Waals surface area contributed by atoms with Gasteiger partial charge in [0.25, 0.3) is 0 Å². The highest BCUT2D eigenvalue weighted by Gasteiger charge is 2.24. The lowest BCUT2D eigenvalue weighted by Crippen LogP contribution is -1.99. The van der Waals surface area contributed by atoms with Gasteiger partial charge in [0.05, 0.1) is 0 Å². The molecule has 0 radical (unpaired) electrons. The molecule has 7 aromatic heterocycles. The third kappa shape index (κ3) is 9.36. The zero-order valence-corrected chi connectivity index (χ0v) is 43.0. The Hall–Kier alpha value is -8.20. The average Bonchev–Trinajstić information content (AvgIpc) is 4.08. The minimum absolute atomic E-state index is 0.0989. The first-order valence-electron chi connectivity index (χ1n) is 21.5. The number of nitrogens with zero attached hydrogens (tertiary/aromatic N) is 18. The monoisotopic (exact) mass is 1160 g/mol. The molecule has 0 fully saturated rings. The van der Waals surface area contributed by atoms with Gasteiger partial charge in [0.1, 0.15) is 22.6 Å². The van der Waals surface area contributed by atoms with E-state index in [9.17, 15) is 0 Å². The Morgan fingerprint density at radius 1 is 0.250 bits per heavy atom. The lowest BCUT2D eigenvalue weighted by Gasteiger charge is -2.07. The third-order valence-corrected chi connectivity index (χ3v) is 12.5. The normalized spacial score (nSPS) is 11.7. The fourth-order valence-corrected chi connectivity index (χ4v) is 9.60. The number of fused-ring (bicyclic) bond motifs is 20. The summed E-state index contributed by atoms with van der Waals surface area (Å²) in [6.45, 7) is 0. The van der Waals surface area contributed by atoms with E-state index in [1.807, 2.05) is 48.5 Å². The molecule has 0 aliphatic carbocycles. The summed E-state index contributed by atoms with van der Waals surface area (Å²) in [6, 6.07) is 21.8. The molecule has 0 amide bonds. The molecule has 0 saturated carbocycles. The Bertz CT molecular complexity index is 4100. The molecule has 8 bridgehead atoms. The number of benzene rings is 4.